The second-order valence-corrected chi connectivity index (χ2v) is 10.7. The molecule has 0 spiro atoms. The largest absolute Gasteiger partial charge is 0.457 e. The number of aromatic nitrogens is 1. The number of hydrogen-bond donors (Lipinski definition) is 0. The molecule has 1 aliphatic heterocycles. The maximum Gasteiger partial charge on any atom is 0.271 e. The van der Waals surface area contributed by atoms with E-state index >= 15 is 0 Å². The first-order valence-corrected chi connectivity index (χ1v) is 13.2. The topological polar surface area (TPSA) is 47.5 Å². The van der Waals surface area contributed by atoms with E-state index in [1.54, 1.807) is 10.6 Å². The molecule has 0 saturated heterocycles. The third-order valence-electron chi connectivity index (χ3n) is 5.94. The minimum Gasteiger partial charge on any atom is -0.457 e. The fourth-order valence-corrected chi connectivity index (χ4v) is 5.66. The molecule has 0 fully saturated rings. The fraction of sp³-hybridized carbons (Fsp3) is 0.0345. The van der Waals surface area contributed by atoms with Gasteiger partial charge in [-0.1, -0.05) is 93.5 Å². The SMILES string of the molecule is O=c1c(=Cc2ccc(-c3cccc(Cl)c3)o2)sc2n1C(c1ccc(Br)cc1)C=C(c1ccccc1)N=2. The highest BCUT2D eigenvalue weighted by molar-refractivity contribution is 9.10. The zero-order chi connectivity index (χ0) is 24.6. The smallest absolute Gasteiger partial charge is 0.271 e. The van der Waals surface area contributed by atoms with E-state index in [1.165, 1.54) is 11.3 Å². The summed E-state index contributed by atoms with van der Waals surface area (Å²) in [6.45, 7) is 0. The van der Waals surface area contributed by atoms with Crippen molar-refractivity contribution in [1.82, 2.24) is 4.57 Å². The molecule has 2 aromatic heterocycles. The van der Waals surface area contributed by atoms with Gasteiger partial charge in [0.1, 0.15) is 11.5 Å². The Hall–Kier alpha value is -3.45. The van der Waals surface area contributed by atoms with Crippen LogP contribution in [0.4, 0.5) is 0 Å². The Morgan fingerprint density at radius 3 is 2.50 bits per heavy atom. The fourth-order valence-electron chi connectivity index (χ4n) is 4.21. The number of furan rings is 1. The van der Waals surface area contributed by atoms with Crippen LogP contribution in [0.2, 0.25) is 5.02 Å². The quantitative estimate of drug-likeness (QED) is 0.241. The molecule has 176 valence electrons. The number of thiazole rings is 1. The summed E-state index contributed by atoms with van der Waals surface area (Å²) < 4.78 is 9.33. The van der Waals surface area contributed by atoms with Crippen LogP contribution in [-0.4, -0.2) is 4.57 Å². The van der Waals surface area contributed by atoms with E-state index in [9.17, 15) is 4.79 Å². The lowest BCUT2D eigenvalue weighted by Gasteiger charge is -2.19. The predicted octanol–water partition coefficient (Wildman–Crippen LogP) is 6.68. The number of hydrogen-bond acceptors (Lipinski definition) is 4. The monoisotopic (exact) mass is 572 g/mol. The van der Waals surface area contributed by atoms with Crippen LogP contribution >= 0.6 is 38.9 Å². The van der Waals surface area contributed by atoms with E-state index in [4.69, 9.17) is 21.0 Å². The summed E-state index contributed by atoms with van der Waals surface area (Å²) in [5.41, 5.74) is 3.64. The van der Waals surface area contributed by atoms with Crippen molar-refractivity contribution < 1.29 is 4.42 Å². The summed E-state index contributed by atoms with van der Waals surface area (Å²) in [5.74, 6) is 1.29. The Morgan fingerprint density at radius 1 is 0.944 bits per heavy atom. The van der Waals surface area contributed by atoms with E-state index in [0.29, 0.717) is 25.9 Å². The van der Waals surface area contributed by atoms with Crippen LogP contribution in [0, 0.1) is 0 Å². The molecule has 36 heavy (non-hydrogen) atoms. The first-order chi connectivity index (χ1) is 17.5. The zero-order valence-corrected chi connectivity index (χ0v) is 21.9. The Labute approximate surface area is 224 Å². The molecule has 0 aliphatic carbocycles. The van der Waals surface area contributed by atoms with Crippen molar-refractivity contribution in [3.05, 3.63) is 143 Å². The normalized spacial score (nSPS) is 15.3. The van der Waals surface area contributed by atoms with Crippen molar-refractivity contribution in [3.63, 3.8) is 0 Å². The molecule has 1 unspecified atom stereocenters. The van der Waals surface area contributed by atoms with Crippen molar-refractivity contribution in [1.29, 1.82) is 0 Å². The zero-order valence-electron chi connectivity index (χ0n) is 18.8. The maximum absolute atomic E-state index is 13.6. The lowest BCUT2D eigenvalue weighted by molar-refractivity contribution is 0.571. The molecule has 3 aromatic carbocycles. The lowest BCUT2D eigenvalue weighted by atomic mass is 10.0. The summed E-state index contributed by atoms with van der Waals surface area (Å²) in [6, 6.07) is 29.0. The third kappa shape index (κ3) is 4.44. The molecule has 0 saturated carbocycles. The highest BCUT2D eigenvalue weighted by Gasteiger charge is 2.22. The average molecular weight is 574 g/mol. The maximum atomic E-state index is 13.6. The molecule has 1 atom stereocenters. The van der Waals surface area contributed by atoms with Crippen molar-refractivity contribution in [3.8, 4) is 11.3 Å². The third-order valence-corrected chi connectivity index (χ3v) is 7.68. The van der Waals surface area contributed by atoms with Crippen LogP contribution in [0.25, 0.3) is 23.1 Å². The van der Waals surface area contributed by atoms with Gasteiger partial charge in [0.2, 0.25) is 0 Å². The molecule has 1 aliphatic rings. The Morgan fingerprint density at radius 2 is 1.72 bits per heavy atom. The highest BCUT2D eigenvalue weighted by Crippen LogP contribution is 2.28. The van der Waals surface area contributed by atoms with Gasteiger partial charge in [-0.25, -0.2) is 4.99 Å². The van der Waals surface area contributed by atoms with Gasteiger partial charge in [0.25, 0.3) is 5.56 Å². The van der Waals surface area contributed by atoms with Gasteiger partial charge >= 0.3 is 0 Å². The molecular weight excluding hydrogens is 556 g/mol. The number of benzene rings is 3. The van der Waals surface area contributed by atoms with Gasteiger partial charge in [-0.3, -0.25) is 9.36 Å². The van der Waals surface area contributed by atoms with Crippen molar-refractivity contribution >= 4 is 50.6 Å². The van der Waals surface area contributed by atoms with Crippen LogP contribution < -0.4 is 14.9 Å². The minimum absolute atomic E-state index is 0.101. The predicted molar refractivity (Wildman–Crippen MR) is 149 cm³/mol. The van der Waals surface area contributed by atoms with Gasteiger partial charge in [-0.15, -0.1) is 0 Å². The van der Waals surface area contributed by atoms with Crippen molar-refractivity contribution in [2.24, 2.45) is 4.99 Å². The summed E-state index contributed by atoms with van der Waals surface area (Å²) in [4.78, 5) is 19.1. The lowest BCUT2D eigenvalue weighted by Crippen LogP contribution is -2.36. The van der Waals surface area contributed by atoms with Crippen LogP contribution in [0.15, 0.2) is 116 Å². The molecule has 0 radical (unpaired) electrons. The van der Waals surface area contributed by atoms with Gasteiger partial charge in [-0.05, 0) is 53.6 Å². The van der Waals surface area contributed by atoms with Crippen molar-refractivity contribution in [2.45, 2.75) is 6.04 Å². The van der Waals surface area contributed by atoms with Gasteiger partial charge in [0, 0.05) is 21.1 Å². The van der Waals surface area contributed by atoms with Crippen molar-refractivity contribution in [2.75, 3.05) is 0 Å². The number of halogens is 2. The molecule has 0 N–H and O–H groups in total. The first kappa shape index (κ1) is 23.0. The second kappa shape index (κ2) is 9.54. The molecule has 3 heterocycles. The number of nitrogens with zero attached hydrogens (tertiary/aromatic N) is 2. The van der Waals surface area contributed by atoms with Crippen LogP contribution in [0.3, 0.4) is 0 Å². The first-order valence-electron chi connectivity index (χ1n) is 11.3. The Bertz CT molecular complexity index is 1780. The van der Waals surface area contributed by atoms with E-state index in [0.717, 1.165) is 26.9 Å². The van der Waals surface area contributed by atoms with Gasteiger partial charge in [0.15, 0.2) is 4.80 Å². The minimum atomic E-state index is -0.273. The van der Waals surface area contributed by atoms with Crippen LogP contribution in [0.5, 0.6) is 0 Å². The van der Waals surface area contributed by atoms with Gasteiger partial charge in [0.05, 0.1) is 16.3 Å². The molecule has 0 amide bonds. The van der Waals surface area contributed by atoms with Crippen LogP contribution in [0.1, 0.15) is 22.9 Å². The van der Waals surface area contributed by atoms with Crippen LogP contribution in [-0.2, 0) is 0 Å². The standard InChI is InChI=1S/C29H18BrClN2O2S/c30-21-11-9-19(10-12-21)25-17-24(18-5-2-1-3-6-18)32-29-33(25)28(34)27(36-29)16-23-13-14-26(35-23)20-7-4-8-22(31)15-20/h1-17,25H. The van der Waals surface area contributed by atoms with E-state index in [1.807, 2.05) is 97.1 Å². The highest BCUT2D eigenvalue weighted by atomic mass is 79.9. The number of rotatable bonds is 4. The Balaban J connectivity index is 1.48. The van der Waals surface area contributed by atoms with E-state index < -0.39 is 0 Å². The summed E-state index contributed by atoms with van der Waals surface area (Å²) in [6.07, 6.45) is 3.83. The van der Waals surface area contributed by atoms with E-state index in [-0.39, 0.29) is 11.6 Å². The number of allylic oxidation sites excluding steroid dienone is 1. The second-order valence-electron chi connectivity index (χ2n) is 8.31. The summed E-state index contributed by atoms with van der Waals surface area (Å²) in [7, 11) is 0. The number of fused-ring (bicyclic) bond motifs is 1. The molecule has 0 bridgehead atoms. The average Bonchev–Trinajstić information content (AvgIpc) is 3.49. The summed E-state index contributed by atoms with van der Waals surface area (Å²) >= 11 is 11.0. The molecule has 5 aromatic rings. The van der Waals surface area contributed by atoms with E-state index in [2.05, 4.69) is 15.9 Å². The summed E-state index contributed by atoms with van der Waals surface area (Å²) in [5, 5.41) is 0.640. The molecule has 6 rings (SSSR count). The molecule has 4 nitrogen and oxygen atoms in total. The molecule has 7 heteroatoms. The van der Waals surface area contributed by atoms with Gasteiger partial charge in [-0.2, -0.15) is 0 Å². The molecular formula is C29H18BrClN2O2S. The van der Waals surface area contributed by atoms with Gasteiger partial charge < -0.3 is 4.42 Å². The Kier molecular flexibility index (Phi) is 6.09.